The van der Waals surface area contributed by atoms with E-state index in [-0.39, 0.29) is 30.2 Å². The molecule has 0 unspecified atom stereocenters. The lowest BCUT2D eigenvalue weighted by atomic mass is 9.95. The Labute approximate surface area is 163 Å². The number of anilines is 1. The maximum atomic E-state index is 12.8. The summed E-state index contributed by atoms with van der Waals surface area (Å²) in [5, 5.41) is 0. The number of para-hydroxylation sites is 1. The maximum absolute atomic E-state index is 12.8. The molecule has 144 valence electrons. The minimum atomic E-state index is -0.0304. The molecule has 0 spiro atoms. The van der Waals surface area contributed by atoms with Gasteiger partial charge >= 0.3 is 0 Å². The van der Waals surface area contributed by atoms with Gasteiger partial charge in [0.15, 0.2) is 0 Å². The van der Waals surface area contributed by atoms with Crippen LogP contribution in [-0.4, -0.2) is 66.0 Å². The average molecular weight is 388 g/mol. The second-order valence-corrected chi connectivity index (χ2v) is 8.44. The number of thioether (sulfide) groups is 1. The van der Waals surface area contributed by atoms with E-state index in [0.717, 1.165) is 49.4 Å². The molecule has 1 aromatic carbocycles. The number of hydrogen-bond acceptors (Lipinski definition) is 4. The van der Waals surface area contributed by atoms with Crippen molar-refractivity contribution >= 4 is 35.2 Å². The van der Waals surface area contributed by atoms with Crippen molar-refractivity contribution in [3.63, 3.8) is 0 Å². The van der Waals surface area contributed by atoms with Crippen LogP contribution in [0.5, 0.6) is 0 Å². The van der Waals surface area contributed by atoms with Gasteiger partial charge in [0.05, 0.1) is 11.4 Å². The molecule has 2 saturated heterocycles. The SMILES string of the molecule is O=C(CN1C(=O)CSc2ccccc21)N1CCC(C(=O)N2CCCC2)CC1. The van der Waals surface area contributed by atoms with Crippen LogP contribution in [0.25, 0.3) is 0 Å². The molecule has 3 amide bonds. The first-order chi connectivity index (χ1) is 13.1. The van der Waals surface area contributed by atoms with Gasteiger partial charge in [-0.05, 0) is 37.8 Å². The molecule has 27 heavy (non-hydrogen) atoms. The number of nitrogens with zero attached hydrogens (tertiary/aromatic N) is 3. The Morgan fingerprint density at radius 3 is 2.44 bits per heavy atom. The molecule has 0 radical (unpaired) electrons. The van der Waals surface area contributed by atoms with E-state index in [0.29, 0.717) is 18.8 Å². The molecule has 0 aliphatic carbocycles. The van der Waals surface area contributed by atoms with Crippen molar-refractivity contribution in [1.82, 2.24) is 9.80 Å². The van der Waals surface area contributed by atoms with Crippen LogP contribution in [0.3, 0.4) is 0 Å². The molecule has 3 aliphatic heterocycles. The van der Waals surface area contributed by atoms with Gasteiger partial charge in [-0.25, -0.2) is 0 Å². The van der Waals surface area contributed by atoms with Gasteiger partial charge in [-0.3, -0.25) is 14.4 Å². The van der Waals surface area contributed by atoms with Gasteiger partial charge in [0.25, 0.3) is 0 Å². The highest BCUT2D eigenvalue weighted by molar-refractivity contribution is 8.00. The van der Waals surface area contributed by atoms with Crippen LogP contribution in [-0.2, 0) is 14.4 Å². The summed E-state index contributed by atoms with van der Waals surface area (Å²) in [7, 11) is 0. The Bertz CT molecular complexity index is 740. The monoisotopic (exact) mass is 387 g/mol. The lowest BCUT2D eigenvalue weighted by Crippen LogP contribution is -2.48. The van der Waals surface area contributed by atoms with Crippen molar-refractivity contribution < 1.29 is 14.4 Å². The summed E-state index contributed by atoms with van der Waals surface area (Å²) in [6.45, 7) is 3.04. The third kappa shape index (κ3) is 3.83. The highest BCUT2D eigenvalue weighted by Gasteiger charge is 2.33. The van der Waals surface area contributed by atoms with Crippen molar-refractivity contribution in [3.8, 4) is 0 Å². The van der Waals surface area contributed by atoms with Crippen LogP contribution in [0.4, 0.5) is 5.69 Å². The van der Waals surface area contributed by atoms with Gasteiger partial charge < -0.3 is 14.7 Å². The minimum Gasteiger partial charge on any atom is -0.342 e. The van der Waals surface area contributed by atoms with E-state index in [2.05, 4.69) is 0 Å². The number of amides is 3. The van der Waals surface area contributed by atoms with Gasteiger partial charge in [0.2, 0.25) is 17.7 Å². The largest absolute Gasteiger partial charge is 0.342 e. The summed E-state index contributed by atoms with van der Waals surface area (Å²) in [5.74, 6) is 0.623. The number of benzene rings is 1. The molecule has 7 heteroatoms. The Morgan fingerprint density at radius 1 is 1.00 bits per heavy atom. The highest BCUT2D eigenvalue weighted by Crippen LogP contribution is 2.35. The summed E-state index contributed by atoms with van der Waals surface area (Å²) in [5.41, 5.74) is 0.825. The van der Waals surface area contributed by atoms with Gasteiger partial charge in [0.1, 0.15) is 6.54 Å². The Kier molecular flexibility index (Phi) is 5.38. The Morgan fingerprint density at radius 2 is 1.70 bits per heavy atom. The summed E-state index contributed by atoms with van der Waals surface area (Å²) in [6, 6.07) is 7.72. The number of carbonyl (C=O) groups excluding carboxylic acids is 3. The molecule has 3 aliphatic rings. The summed E-state index contributed by atoms with van der Waals surface area (Å²) >= 11 is 1.52. The van der Waals surface area contributed by atoms with Crippen molar-refractivity contribution in [1.29, 1.82) is 0 Å². The normalized spacial score (nSPS) is 20.7. The predicted molar refractivity (Wildman–Crippen MR) is 105 cm³/mol. The lowest BCUT2D eigenvalue weighted by molar-refractivity contribution is -0.139. The Balaban J connectivity index is 1.35. The zero-order valence-electron chi connectivity index (χ0n) is 15.4. The van der Waals surface area contributed by atoms with Gasteiger partial charge in [0, 0.05) is 37.0 Å². The number of piperidine rings is 1. The maximum Gasteiger partial charge on any atom is 0.242 e. The van der Waals surface area contributed by atoms with Crippen molar-refractivity contribution in [2.24, 2.45) is 5.92 Å². The first kappa shape index (κ1) is 18.3. The van der Waals surface area contributed by atoms with Gasteiger partial charge in [-0.15, -0.1) is 11.8 Å². The molecule has 0 bridgehead atoms. The van der Waals surface area contributed by atoms with Crippen molar-refractivity contribution in [2.45, 2.75) is 30.6 Å². The van der Waals surface area contributed by atoms with Crippen LogP contribution >= 0.6 is 11.8 Å². The second-order valence-electron chi connectivity index (χ2n) is 7.42. The number of carbonyl (C=O) groups is 3. The van der Waals surface area contributed by atoms with E-state index >= 15 is 0 Å². The number of hydrogen-bond donors (Lipinski definition) is 0. The third-order valence-corrected chi connectivity index (χ3v) is 6.76. The van der Waals surface area contributed by atoms with Gasteiger partial charge in [-0.2, -0.15) is 0 Å². The number of fused-ring (bicyclic) bond motifs is 1. The van der Waals surface area contributed by atoms with E-state index < -0.39 is 0 Å². The van der Waals surface area contributed by atoms with Gasteiger partial charge in [-0.1, -0.05) is 12.1 Å². The molecule has 0 saturated carbocycles. The van der Waals surface area contributed by atoms with Crippen LogP contribution in [0.15, 0.2) is 29.2 Å². The second kappa shape index (κ2) is 7.92. The zero-order chi connectivity index (χ0) is 18.8. The molecule has 1 aromatic rings. The third-order valence-electron chi connectivity index (χ3n) is 5.72. The lowest BCUT2D eigenvalue weighted by Gasteiger charge is -2.35. The molecule has 0 atom stereocenters. The quantitative estimate of drug-likeness (QED) is 0.796. The predicted octanol–water partition coefficient (Wildman–Crippen LogP) is 1.99. The topological polar surface area (TPSA) is 60.9 Å². The summed E-state index contributed by atoms with van der Waals surface area (Å²) < 4.78 is 0. The smallest absolute Gasteiger partial charge is 0.242 e. The summed E-state index contributed by atoms with van der Waals surface area (Å²) in [4.78, 5) is 44.1. The van der Waals surface area contributed by atoms with E-state index in [1.165, 1.54) is 11.8 Å². The van der Waals surface area contributed by atoms with Crippen LogP contribution in [0.1, 0.15) is 25.7 Å². The van der Waals surface area contributed by atoms with Crippen LogP contribution in [0.2, 0.25) is 0 Å². The molecule has 2 fully saturated rings. The molecular formula is C20H25N3O3S. The highest BCUT2D eigenvalue weighted by atomic mass is 32.2. The molecule has 0 aromatic heterocycles. The van der Waals surface area contributed by atoms with E-state index in [4.69, 9.17) is 0 Å². The fourth-order valence-electron chi connectivity index (χ4n) is 4.13. The van der Waals surface area contributed by atoms with E-state index in [9.17, 15) is 14.4 Å². The minimum absolute atomic E-state index is 0.0221. The number of likely N-dealkylation sites (tertiary alicyclic amines) is 2. The Hall–Kier alpha value is -2.02. The van der Waals surface area contributed by atoms with Crippen LogP contribution < -0.4 is 4.90 Å². The average Bonchev–Trinajstić information content (AvgIpc) is 3.24. The zero-order valence-corrected chi connectivity index (χ0v) is 16.2. The fourth-order valence-corrected chi connectivity index (χ4v) is 5.07. The fraction of sp³-hybridized carbons (Fsp3) is 0.550. The number of rotatable bonds is 3. The van der Waals surface area contributed by atoms with E-state index in [1.54, 1.807) is 4.90 Å². The first-order valence-corrected chi connectivity index (χ1v) is 10.7. The van der Waals surface area contributed by atoms with E-state index in [1.807, 2.05) is 34.1 Å². The molecule has 4 rings (SSSR count). The molecule has 6 nitrogen and oxygen atoms in total. The molecular weight excluding hydrogens is 362 g/mol. The molecule has 3 heterocycles. The first-order valence-electron chi connectivity index (χ1n) is 9.72. The standard InChI is InChI=1S/C20H25N3O3S/c24-18(13-23-16-5-1-2-6-17(16)27-14-19(23)25)21-11-7-15(8-12-21)20(26)22-9-3-4-10-22/h1-2,5-6,15H,3-4,7-14H2. The van der Waals surface area contributed by atoms with Crippen molar-refractivity contribution in [3.05, 3.63) is 24.3 Å². The van der Waals surface area contributed by atoms with Crippen LogP contribution in [0, 0.1) is 5.92 Å². The van der Waals surface area contributed by atoms with Crippen molar-refractivity contribution in [2.75, 3.05) is 43.4 Å². The molecule has 0 N–H and O–H groups in total. The summed E-state index contributed by atoms with van der Waals surface area (Å²) in [6.07, 6.45) is 3.66.